The number of ether oxygens (including phenoxy) is 1. The van der Waals surface area contributed by atoms with Crippen molar-refractivity contribution in [3.05, 3.63) is 70.3 Å². The van der Waals surface area contributed by atoms with Crippen molar-refractivity contribution in [2.75, 3.05) is 12.4 Å². The molecule has 1 aromatic heterocycles. The molecule has 6 heteroatoms. The van der Waals surface area contributed by atoms with Crippen LogP contribution in [0.2, 0.25) is 0 Å². The molecule has 0 saturated carbocycles. The van der Waals surface area contributed by atoms with Crippen LogP contribution in [0.1, 0.15) is 10.4 Å². The Morgan fingerprint density at radius 3 is 2.61 bits per heavy atom. The van der Waals surface area contributed by atoms with Gasteiger partial charge in [0.25, 0.3) is 5.91 Å². The molecule has 3 aromatic rings. The van der Waals surface area contributed by atoms with Crippen molar-refractivity contribution in [1.82, 2.24) is 4.98 Å². The topological polar surface area (TPSA) is 71.2 Å². The largest absolute Gasteiger partial charge is 0.495 e. The van der Waals surface area contributed by atoms with E-state index in [0.29, 0.717) is 22.3 Å². The summed E-state index contributed by atoms with van der Waals surface area (Å²) in [5.74, 6) is -0.452. The number of fused-ring (bicyclic) bond motifs is 1. The van der Waals surface area contributed by atoms with Crippen LogP contribution in [0.15, 0.2) is 53.5 Å². The predicted octanol–water partition coefficient (Wildman–Crippen LogP) is 2.93. The van der Waals surface area contributed by atoms with E-state index >= 15 is 0 Å². The van der Waals surface area contributed by atoms with Gasteiger partial charge in [-0.05, 0) is 36.4 Å². The molecule has 3 rings (SSSR count). The summed E-state index contributed by atoms with van der Waals surface area (Å²) in [6.07, 6.45) is 1.34. The fraction of sp³-hybridized carbons (Fsp3) is 0.0588. The van der Waals surface area contributed by atoms with Crippen LogP contribution in [-0.2, 0) is 0 Å². The Morgan fingerprint density at radius 1 is 1.17 bits per heavy atom. The van der Waals surface area contributed by atoms with E-state index in [1.54, 1.807) is 18.2 Å². The Labute approximate surface area is 130 Å². The van der Waals surface area contributed by atoms with E-state index in [1.165, 1.54) is 37.6 Å². The summed E-state index contributed by atoms with van der Waals surface area (Å²) in [6.45, 7) is 0. The maximum Gasteiger partial charge on any atom is 0.261 e. The molecule has 1 heterocycles. The Bertz CT molecular complexity index is 933. The number of rotatable bonds is 3. The van der Waals surface area contributed by atoms with E-state index in [-0.39, 0.29) is 5.56 Å². The first kappa shape index (κ1) is 14.8. The molecule has 0 aliphatic rings. The number of hydrogen-bond donors (Lipinski definition) is 2. The quantitative estimate of drug-likeness (QED) is 0.781. The van der Waals surface area contributed by atoms with Gasteiger partial charge < -0.3 is 15.0 Å². The standard InChI is InChI=1S/C17H13FN2O3/c1-23-14-4-2-3-12-15(14)19-9-13(16(12)21)17(22)20-11-7-5-10(18)6-8-11/h2-9H,1H3,(H,19,21)(H,20,22). The van der Waals surface area contributed by atoms with Crippen molar-refractivity contribution >= 4 is 22.5 Å². The number of benzene rings is 2. The monoisotopic (exact) mass is 312 g/mol. The number of methoxy groups -OCH3 is 1. The zero-order valence-corrected chi connectivity index (χ0v) is 12.2. The van der Waals surface area contributed by atoms with Crippen LogP contribution >= 0.6 is 0 Å². The normalized spacial score (nSPS) is 10.5. The van der Waals surface area contributed by atoms with Gasteiger partial charge in [0, 0.05) is 11.9 Å². The third kappa shape index (κ3) is 2.78. The van der Waals surface area contributed by atoms with Gasteiger partial charge in [-0.25, -0.2) is 4.39 Å². The van der Waals surface area contributed by atoms with Crippen molar-refractivity contribution in [1.29, 1.82) is 0 Å². The SMILES string of the molecule is COc1cccc2c(=O)c(C(=O)Nc3ccc(F)cc3)c[nH]c12. The van der Waals surface area contributed by atoms with Gasteiger partial charge in [0.15, 0.2) is 0 Å². The molecule has 0 fully saturated rings. The lowest BCUT2D eigenvalue weighted by Crippen LogP contribution is -2.22. The number of para-hydroxylation sites is 1. The van der Waals surface area contributed by atoms with Gasteiger partial charge in [0.1, 0.15) is 17.1 Å². The zero-order chi connectivity index (χ0) is 16.4. The molecular weight excluding hydrogens is 299 g/mol. The number of pyridine rings is 1. The number of hydrogen-bond acceptors (Lipinski definition) is 3. The highest BCUT2D eigenvalue weighted by molar-refractivity contribution is 6.05. The van der Waals surface area contributed by atoms with Gasteiger partial charge >= 0.3 is 0 Å². The zero-order valence-electron chi connectivity index (χ0n) is 12.2. The molecule has 2 N–H and O–H groups in total. The molecule has 0 spiro atoms. The third-order valence-electron chi connectivity index (χ3n) is 3.44. The summed E-state index contributed by atoms with van der Waals surface area (Å²) in [5.41, 5.74) is 0.493. The van der Waals surface area contributed by atoms with Crippen LogP contribution in [0.3, 0.4) is 0 Å². The average molecular weight is 312 g/mol. The highest BCUT2D eigenvalue weighted by Gasteiger charge is 2.14. The minimum absolute atomic E-state index is 0.0323. The number of nitrogens with one attached hydrogen (secondary N) is 2. The second-order valence-corrected chi connectivity index (χ2v) is 4.88. The molecule has 23 heavy (non-hydrogen) atoms. The molecule has 2 aromatic carbocycles. The van der Waals surface area contributed by atoms with Gasteiger partial charge in [0.05, 0.1) is 18.0 Å². The fourth-order valence-corrected chi connectivity index (χ4v) is 2.29. The van der Waals surface area contributed by atoms with E-state index in [9.17, 15) is 14.0 Å². The summed E-state index contributed by atoms with van der Waals surface area (Å²) in [4.78, 5) is 27.7. The number of carbonyl (C=O) groups is 1. The minimum Gasteiger partial charge on any atom is -0.495 e. The molecule has 5 nitrogen and oxygen atoms in total. The molecule has 0 aliphatic heterocycles. The highest BCUT2D eigenvalue weighted by Crippen LogP contribution is 2.21. The van der Waals surface area contributed by atoms with E-state index in [1.807, 2.05) is 0 Å². The minimum atomic E-state index is -0.567. The van der Waals surface area contributed by atoms with Crippen LogP contribution < -0.4 is 15.5 Å². The third-order valence-corrected chi connectivity index (χ3v) is 3.44. The van der Waals surface area contributed by atoms with Crippen LogP contribution in [0.5, 0.6) is 5.75 Å². The van der Waals surface area contributed by atoms with Crippen LogP contribution in [0.25, 0.3) is 10.9 Å². The van der Waals surface area contributed by atoms with E-state index in [0.717, 1.165) is 0 Å². The van der Waals surface area contributed by atoms with Gasteiger partial charge in [-0.2, -0.15) is 0 Å². The van der Waals surface area contributed by atoms with Crippen molar-refractivity contribution in [3.63, 3.8) is 0 Å². The lowest BCUT2D eigenvalue weighted by molar-refractivity contribution is 0.102. The second-order valence-electron chi connectivity index (χ2n) is 4.88. The average Bonchev–Trinajstić information content (AvgIpc) is 2.57. The maximum absolute atomic E-state index is 12.9. The number of halogens is 1. The molecule has 0 saturated heterocycles. The Hall–Kier alpha value is -3.15. The summed E-state index contributed by atoms with van der Waals surface area (Å²) in [5, 5.41) is 2.92. The summed E-state index contributed by atoms with van der Waals surface area (Å²) in [7, 11) is 1.50. The summed E-state index contributed by atoms with van der Waals surface area (Å²) >= 11 is 0. The van der Waals surface area contributed by atoms with Crippen molar-refractivity contribution < 1.29 is 13.9 Å². The van der Waals surface area contributed by atoms with Crippen molar-refractivity contribution in [2.24, 2.45) is 0 Å². The smallest absolute Gasteiger partial charge is 0.261 e. The maximum atomic E-state index is 12.9. The van der Waals surface area contributed by atoms with Crippen molar-refractivity contribution in [2.45, 2.75) is 0 Å². The lowest BCUT2D eigenvalue weighted by Gasteiger charge is -2.08. The van der Waals surface area contributed by atoms with Crippen LogP contribution in [0, 0.1) is 5.82 Å². The first-order valence-corrected chi connectivity index (χ1v) is 6.85. The highest BCUT2D eigenvalue weighted by atomic mass is 19.1. The number of aromatic amines is 1. The Balaban J connectivity index is 1.99. The second kappa shape index (κ2) is 5.92. The molecule has 0 unspecified atom stereocenters. The predicted molar refractivity (Wildman–Crippen MR) is 85.5 cm³/mol. The molecule has 0 bridgehead atoms. The molecule has 1 amide bonds. The molecule has 0 radical (unpaired) electrons. The van der Waals surface area contributed by atoms with Gasteiger partial charge in [-0.15, -0.1) is 0 Å². The van der Waals surface area contributed by atoms with Gasteiger partial charge in [0.2, 0.25) is 5.43 Å². The van der Waals surface area contributed by atoms with E-state index in [4.69, 9.17) is 4.74 Å². The van der Waals surface area contributed by atoms with Crippen molar-refractivity contribution in [3.8, 4) is 5.75 Å². The Kier molecular flexibility index (Phi) is 3.80. The first-order chi connectivity index (χ1) is 11.1. The number of H-pyrrole nitrogens is 1. The number of carbonyl (C=O) groups excluding carboxylic acids is 1. The van der Waals surface area contributed by atoms with E-state index in [2.05, 4.69) is 10.3 Å². The van der Waals surface area contributed by atoms with Gasteiger partial charge in [-0.3, -0.25) is 9.59 Å². The number of anilines is 1. The fourth-order valence-electron chi connectivity index (χ4n) is 2.29. The Morgan fingerprint density at radius 2 is 1.91 bits per heavy atom. The lowest BCUT2D eigenvalue weighted by atomic mass is 10.1. The number of aromatic nitrogens is 1. The number of amides is 1. The summed E-state index contributed by atoms with van der Waals surface area (Å²) in [6, 6.07) is 10.3. The van der Waals surface area contributed by atoms with Gasteiger partial charge in [-0.1, -0.05) is 6.07 Å². The molecule has 0 atom stereocenters. The molecular formula is C17H13FN2O3. The molecule has 0 aliphatic carbocycles. The first-order valence-electron chi connectivity index (χ1n) is 6.85. The summed E-state index contributed by atoms with van der Waals surface area (Å²) < 4.78 is 18.1. The van der Waals surface area contributed by atoms with Crippen LogP contribution in [-0.4, -0.2) is 18.0 Å². The van der Waals surface area contributed by atoms with E-state index < -0.39 is 17.2 Å². The molecule has 116 valence electrons. The van der Waals surface area contributed by atoms with Crippen LogP contribution in [0.4, 0.5) is 10.1 Å².